The Morgan fingerprint density at radius 2 is 2.04 bits per heavy atom. The van der Waals surface area contributed by atoms with Gasteiger partial charge in [0.1, 0.15) is 0 Å². The number of nitrogens with zero attached hydrogens (tertiary/aromatic N) is 2. The number of carbonyl (C=O) groups is 1. The van der Waals surface area contributed by atoms with Gasteiger partial charge in [-0.3, -0.25) is 5.10 Å². The highest BCUT2D eigenvalue weighted by Gasteiger charge is 2.40. The van der Waals surface area contributed by atoms with E-state index >= 15 is 0 Å². The van der Waals surface area contributed by atoms with Crippen LogP contribution >= 0.6 is 11.6 Å². The summed E-state index contributed by atoms with van der Waals surface area (Å²) >= 11 is 6.27. The Balaban J connectivity index is 1.44. The fraction of sp³-hybridized carbons (Fsp3) is 0.619. The molecule has 2 heterocycles. The van der Waals surface area contributed by atoms with E-state index in [1.54, 1.807) is 6.20 Å². The van der Waals surface area contributed by atoms with E-state index in [1.165, 1.54) is 6.42 Å². The number of benzene rings is 1. The van der Waals surface area contributed by atoms with Crippen molar-refractivity contribution in [3.63, 3.8) is 0 Å². The molecule has 2 fully saturated rings. The number of aliphatic hydroxyl groups excluding tert-OH is 1. The quantitative estimate of drug-likeness (QED) is 0.712. The summed E-state index contributed by atoms with van der Waals surface area (Å²) in [6.07, 6.45) is 6.24. The van der Waals surface area contributed by atoms with Gasteiger partial charge in [0.25, 0.3) is 0 Å². The second kappa shape index (κ2) is 7.56. The number of urea groups is 1. The third-order valence-corrected chi connectivity index (χ3v) is 7.03. The second-order valence-electron chi connectivity index (χ2n) is 8.89. The molecular weight excluding hydrogens is 376 g/mol. The third-order valence-electron chi connectivity index (χ3n) is 6.81. The summed E-state index contributed by atoms with van der Waals surface area (Å²) in [5.41, 5.74) is 1.27. The van der Waals surface area contributed by atoms with Gasteiger partial charge in [0.2, 0.25) is 0 Å². The predicted octanol–water partition coefficient (Wildman–Crippen LogP) is 4.25. The van der Waals surface area contributed by atoms with E-state index in [4.69, 9.17) is 11.6 Å². The minimum atomic E-state index is -0.672. The lowest BCUT2D eigenvalue weighted by Gasteiger charge is -2.43. The van der Waals surface area contributed by atoms with E-state index in [1.807, 2.05) is 17.0 Å². The van der Waals surface area contributed by atoms with Crippen LogP contribution in [-0.4, -0.2) is 45.4 Å². The van der Waals surface area contributed by atoms with E-state index in [0.29, 0.717) is 17.0 Å². The highest BCUT2D eigenvalue weighted by atomic mass is 35.5. The largest absolute Gasteiger partial charge is 0.388 e. The molecule has 1 atom stereocenters. The topological polar surface area (TPSA) is 81.2 Å². The zero-order chi connectivity index (χ0) is 19.9. The first kappa shape index (κ1) is 19.5. The van der Waals surface area contributed by atoms with Gasteiger partial charge in [-0.05, 0) is 55.6 Å². The zero-order valence-electron chi connectivity index (χ0n) is 16.5. The number of hydrogen-bond acceptors (Lipinski definition) is 3. The first-order chi connectivity index (χ1) is 13.4. The maximum atomic E-state index is 12.4. The molecule has 2 amide bonds. The number of aromatic amines is 1. The van der Waals surface area contributed by atoms with Gasteiger partial charge in [-0.1, -0.05) is 25.4 Å². The summed E-state index contributed by atoms with van der Waals surface area (Å²) in [7, 11) is 0. The molecule has 6 nitrogen and oxygen atoms in total. The molecule has 28 heavy (non-hydrogen) atoms. The summed E-state index contributed by atoms with van der Waals surface area (Å²) in [5, 5.41) is 23.0. The monoisotopic (exact) mass is 404 g/mol. The second-order valence-corrected chi connectivity index (χ2v) is 9.33. The number of aliphatic hydroxyl groups is 1. The fourth-order valence-electron chi connectivity index (χ4n) is 4.53. The Hall–Kier alpha value is -1.79. The molecule has 152 valence electrons. The Bertz CT molecular complexity index is 853. The van der Waals surface area contributed by atoms with Crippen LogP contribution in [0.5, 0.6) is 0 Å². The average molecular weight is 405 g/mol. The van der Waals surface area contributed by atoms with Gasteiger partial charge < -0.3 is 15.3 Å². The standard InChI is InChI=1S/C21H29ClN4O2/c1-21(2,19(27)17-11-15(22)10-13-12-23-25-18(13)17)14-6-8-26(9-7-14)20(28)24-16-4-3-5-16/h10-12,14,16,19,27H,3-9H2,1-2H3,(H,23,25)(H,24,28)/t19-/m1/s1. The average Bonchev–Trinajstić information content (AvgIpc) is 3.11. The third kappa shape index (κ3) is 3.60. The number of hydrogen-bond donors (Lipinski definition) is 3. The molecule has 4 rings (SSSR count). The Kier molecular flexibility index (Phi) is 5.27. The van der Waals surface area contributed by atoms with Crippen LogP contribution in [0.4, 0.5) is 4.79 Å². The van der Waals surface area contributed by atoms with Gasteiger partial charge in [-0.25, -0.2) is 4.79 Å². The van der Waals surface area contributed by atoms with Crippen molar-refractivity contribution in [2.45, 2.75) is 58.1 Å². The zero-order valence-corrected chi connectivity index (χ0v) is 17.3. The Morgan fingerprint density at radius 1 is 1.32 bits per heavy atom. The maximum absolute atomic E-state index is 12.4. The van der Waals surface area contributed by atoms with E-state index in [2.05, 4.69) is 29.4 Å². The molecule has 1 aliphatic heterocycles. The van der Waals surface area contributed by atoms with Crippen LogP contribution in [0.1, 0.15) is 57.6 Å². The van der Waals surface area contributed by atoms with Gasteiger partial charge in [0.15, 0.2) is 0 Å². The van der Waals surface area contributed by atoms with Crippen LogP contribution in [0.3, 0.4) is 0 Å². The van der Waals surface area contributed by atoms with E-state index < -0.39 is 6.10 Å². The Morgan fingerprint density at radius 3 is 2.68 bits per heavy atom. The number of aromatic nitrogens is 2. The first-order valence-electron chi connectivity index (χ1n) is 10.2. The molecule has 2 aromatic rings. The maximum Gasteiger partial charge on any atom is 0.317 e. The smallest absolute Gasteiger partial charge is 0.317 e. The summed E-state index contributed by atoms with van der Waals surface area (Å²) in [6.45, 7) is 5.67. The Labute approximate surface area is 170 Å². The number of fused-ring (bicyclic) bond motifs is 1. The molecule has 1 saturated carbocycles. The van der Waals surface area contributed by atoms with Crippen LogP contribution in [0.25, 0.3) is 10.9 Å². The van der Waals surface area contributed by atoms with Crippen LogP contribution in [0, 0.1) is 11.3 Å². The molecule has 1 aromatic carbocycles. The molecule has 0 radical (unpaired) electrons. The molecular formula is C21H29ClN4O2. The van der Waals surface area contributed by atoms with Crippen LogP contribution in [0.15, 0.2) is 18.3 Å². The predicted molar refractivity (Wildman–Crippen MR) is 110 cm³/mol. The molecule has 3 N–H and O–H groups in total. The first-order valence-corrected chi connectivity index (χ1v) is 10.6. The number of carbonyl (C=O) groups excluding carboxylic acids is 1. The highest BCUT2D eigenvalue weighted by Crippen LogP contribution is 2.46. The molecule has 0 spiro atoms. The van der Waals surface area contributed by atoms with Crippen LogP contribution in [-0.2, 0) is 0 Å². The van der Waals surface area contributed by atoms with Crippen LogP contribution in [0.2, 0.25) is 5.02 Å². The van der Waals surface area contributed by atoms with Crippen molar-refractivity contribution >= 4 is 28.5 Å². The van der Waals surface area contributed by atoms with Crippen molar-refractivity contribution in [3.8, 4) is 0 Å². The SMILES string of the molecule is CC(C)(C1CCN(C(=O)NC2CCC2)CC1)[C@H](O)c1cc(Cl)cc2cn[nH]c12. The number of rotatable bonds is 4. The molecule has 0 bridgehead atoms. The lowest BCUT2D eigenvalue weighted by molar-refractivity contribution is -0.0145. The lowest BCUT2D eigenvalue weighted by Crippen LogP contribution is -2.51. The minimum Gasteiger partial charge on any atom is -0.388 e. The van der Waals surface area contributed by atoms with Gasteiger partial charge >= 0.3 is 6.03 Å². The van der Waals surface area contributed by atoms with Crippen molar-refractivity contribution in [1.29, 1.82) is 0 Å². The normalized spacial score (nSPS) is 20.2. The van der Waals surface area contributed by atoms with Gasteiger partial charge in [0.05, 0.1) is 17.8 Å². The molecule has 0 unspecified atom stereocenters. The molecule has 1 aliphatic carbocycles. The lowest BCUT2D eigenvalue weighted by atomic mass is 9.68. The number of piperidine rings is 1. The van der Waals surface area contributed by atoms with E-state index in [-0.39, 0.29) is 11.4 Å². The van der Waals surface area contributed by atoms with E-state index in [0.717, 1.165) is 55.2 Å². The minimum absolute atomic E-state index is 0.0653. The summed E-state index contributed by atoms with van der Waals surface area (Å²) < 4.78 is 0. The molecule has 1 aromatic heterocycles. The summed E-state index contributed by atoms with van der Waals surface area (Å²) in [6, 6.07) is 4.11. The fourth-order valence-corrected chi connectivity index (χ4v) is 4.77. The van der Waals surface area contributed by atoms with Gasteiger partial charge in [-0.2, -0.15) is 5.10 Å². The summed E-state index contributed by atoms with van der Waals surface area (Å²) in [4.78, 5) is 14.3. The van der Waals surface area contributed by atoms with Gasteiger partial charge in [-0.15, -0.1) is 0 Å². The van der Waals surface area contributed by atoms with Crippen molar-refractivity contribution in [3.05, 3.63) is 28.9 Å². The highest BCUT2D eigenvalue weighted by molar-refractivity contribution is 6.31. The number of halogens is 1. The number of nitrogens with one attached hydrogen (secondary N) is 2. The van der Waals surface area contributed by atoms with Gasteiger partial charge in [0, 0.05) is 35.1 Å². The van der Waals surface area contributed by atoms with E-state index in [9.17, 15) is 9.90 Å². The van der Waals surface area contributed by atoms with Crippen molar-refractivity contribution in [1.82, 2.24) is 20.4 Å². The number of amides is 2. The number of likely N-dealkylation sites (tertiary alicyclic amines) is 1. The van der Waals surface area contributed by atoms with Crippen molar-refractivity contribution in [2.75, 3.05) is 13.1 Å². The summed E-state index contributed by atoms with van der Waals surface area (Å²) in [5.74, 6) is 0.312. The van der Waals surface area contributed by atoms with Crippen molar-refractivity contribution in [2.24, 2.45) is 11.3 Å². The molecule has 2 aliphatic rings. The van der Waals surface area contributed by atoms with Crippen molar-refractivity contribution < 1.29 is 9.90 Å². The number of H-pyrrole nitrogens is 1. The molecule has 7 heteroatoms. The van der Waals surface area contributed by atoms with Crippen LogP contribution < -0.4 is 5.32 Å². The molecule has 1 saturated heterocycles.